The molecule has 9 heteroatoms. The lowest BCUT2D eigenvalue weighted by Crippen LogP contribution is -2.55. The minimum atomic E-state index is -4.22. The van der Waals surface area contributed by atoms with Gasteiger partial charge in [-0.3, -0.25) is 13.9 Å². The Morgan fingerprint density at radius 2 is 1.45 bits per heavy atom. The number of para-hydroxylation sites is 1. The lowest BCUT2D eigenvalue weighted by molar-refractivity contribution is -0.139. The number of benzene rings is 3. The first kappa shape index (κ1) is 28.8. The monoisotopic (exact) mass is 539 g/mol. The fraction of sp³-hybridized carbons (Fsp3) is 0.310. The molecule has 0 aromatic heterocycles. The standard InChI is InChI=1S/C29H34FN3O4S/c1-22(28(35)31-29(2,3)4)32(20-19-23-11-7-5-8-12-23)27(34)21-33(25-13-9-6-10-14-25)38(36,37)26-17-15-24(30)16-18-26/h5-18,22H,19-21H2,1-4H3,(H,31,35)/t22-/m0/s1. The number of amides is 2. The number of sulfonamides is 1. The van der Waals surface area contributed by atoms with E-state index >= 15 is 0 Å². The molecule has 0 radical (unpaired) electrons. The minimum Gasteiger partial charge on any atom is -0.350 e. The van der Waals surface area contributed by atoms with E-state index in [4.69, 9.17) is 0 Å². The summed E-state index contributed by atoms with van der Waals surface area (Å²) in [5, 5.41) is 2.90. The maximum atomic E-state index is 13.8. The molecule has 202 valence electrons. The van der Waals surface area contributed by atoms with Gasteiger partial charge in [0.2, 0.25) is 11.8 Å². The Bertz CT molecular complexity index is 1330. The smallest absolute Gasteiger partial charge is 0.264 e. The molecule has 1 atom stereocenters. The van der Waals surface area contributed by atoms with Crippen molar-refractivity contribution < 1.29 is 22.4 Å². The largest absolute Gasteiger partial charge is 0.350 e. The summed E-state index contributed by atoms with van der Waals surface area (Å²) in [6, 6.07) is 21.4. The number of carbonyl (C=O) groups is 2. The quantitative estimate of drug-likeness (QED) is 0.414. The molecule has 0 aliphatic heterocycles. The summed E-state index contributed by atoms with van der Waals surface area (Å²) >= 11 is 0. The van der Waals surface area contributed by atoms with Crippen molar-refractivity contribution in [2.24, 2.45) is 0 Å². The average molecular weight is 540 g/mol. The Morgan fingerprint density at radius 1 is 0.895 bits per heavy atom. The van der Waals surface area contributed by atoms with Crippen LogP contribution in [0.3, 0.4) is 0 Å². The van der Waals surface area contributed by atoms with Crippen molar-refractivity contribution in [3.63, 3.8) is 0 Å². The van der Waals surface area contributed by atoms with Crippen molar-refractivity contribution in [2.45, 2.75) is 50.6 Å². The van der Waals surface area contributed by atoms with Gasteiger partial charge >= 0.3 is 0 Å². The van der Waals surface area contributed by atoms with Crippen LogP contribution in [0.4, 0.5) is 10.1 Å². The molecule has 38 heavy (non-hydrogen) atoms. The van der Waals surface area contributed by atoms with E-state index in [2.05, 4.69) is 5.32 Å². The van der Waals surface area contributed by atoms with Crippen LogP contribution < -0.4 is 9.62 Å². The SMILES string of the molecule is C[C@@H](C(=O)NC(C)(C)C)N(CCc1ccccc1)C(=O)CN(c1ccccc1)S(=O)(=O)c1ccc(F)cc1. The number of anilines is 1. The van der Waals surface area contributed by atoms with Crippen LogP contribution in [0.1, 0.15) is 33.3 Å². The van der Waals surface area contributed by atoms with E-state index in [-0.39, 0.29) is 23.0 Å². The van der Waals surface area contributed by atoms with Gasteiger partial charge in [-0.1, -0.05) is 48.5 Å². The van der Waals surface area contributed by atoms with Gasteiger partial charge in [0.05, 0.1) is 10.6 Å². The molecule has 0 bridgehead atoms. The topological polar surface area (TPSA) is 86.8 Å². The summed E-state index contributed by atoms with van der Waals surface area (Å²) in [5.74, 6) is -1.45. The molecule has 3 aromatic rings. The molecule has 0 saturated carbocycles. The Kier molecular flexibility index (Phi) is 9.27. The van der Waals surface area contributed by atoms with Gasteiger partial charge in [-0.2, -0.15) is 0 Å². The highest BCUT2D eigenvalue weighted by Crippen LogP contribution is 2.24. The Labute approximate surface area is 224 Å². The summed E-state index contributed by atoms with van der Waals surface area (Å²) in [6.07, 6.45) is 0.482. The highest BCUT2D eigenvalue weighted by molar-refractivity contribution is 7.92. The van der Waals surface area contributed by atoms with Crippen molar-refractivity contribution in [3.8, 4) is 0 Å². The van der Waals surface area contributed by atoms with Gasteiger partial charge in [-0.25, -0.2) is 12.8 Å². The van der Waals surface area contributed by atoms with Crippen LogP contribution in [-0.4, -0.2) is 49.8 Å². The Morgan fingerprint density at radius 3 is 2.00 bits per heavy atom. The number of hydrogen-bond donors (Lipinski definition) is 1. The molecular formula is C29H34FN3O4S. The van der Waals surface area contributed by atoms with Gasteiger partial charge in [-0.15, -0.1) is 0 Å². The molecule has 2 amide bonds. The predicted octanol–water partition coefficient (Wildman–Crippen LogP) is 4.40. The fourth-order valence-corrected chi connectivity index (χ4v) is 5.32. The van der Waals surface area contributed by atoms with Crippen LogP contribution in [0.5, 0.6) is 0 Å². The molecule has 3 rings (SSSR count). The predicted molar refractivity (Wildman–Crippen MR) is 147 cm³/mol. The van der Waals surface area contributed by atoms with E-state index in [1.165, 1.54) is 4.90 Å². The van der Waals surface area contributed by atoms with E-state index < -0.39 is 39.9 Å². The maximum Gasteiger partial charge on any atom is 0.264 e. The number of rotatable bonds is 10. The van der Waals surface area contributed by atoms with Gasteiger partial charge < -0.3 is 10.2 Å². The van der Waals surface area contributed by atoms with Crippen LogP contribution in [0.2, 0.25) is 0 Å². The number of carbonyl (C=O) groups excluding carboxylic acids is 2. The van der Waals surface area contributed by atoms with Crippen molar-refractivity contribution in [3.05, 3.63) is 96.3 Å². The zero-order valence-corrected chi connectivity index (χ0v) is 22.9. The van der Waals surface area contributed by atoms with Crippen LogP contribution in [0.15, 0.2) is 89.8 Å². The maximum absolute atomic E-state index is 13.8. The molecule has 3 aromatic carbocycles. The number of nitrogens with zero attached hydrogens (tertiary/aromatic N) is 2. The molecule has 7 nitrogen and oxygen atoms in total. The summed E-state index contributed by atoms with van der Waals surface area (Å²) in [5.41, 5.74) is 0.745. The van der Waals surface area contributed by atoms with Crippen LogP contribution in [0, 0.1) is 5.82 Å². The van der Waals surface area contributed by atoms with Crippen molar-refractivity contribution in [1.29, 1.82) is 0 Å². The minimum absolute atomic E-state index is 0.148. The molecule has 0 unspecified atom stereocenters. The van der Waals surface area contributed by atoms with Gasteiger partial charge in [0.1, 0.15) is 18.4 Å². The Hall–Kier alpha value is -3.72. The summed E-state index contributed by atoms with van der Waals surface area (Å²) in [7, 11) is -4.22. The number of hydrogen-bond acceptors (Lipinski definition) is 4. The second kappa shape index (κ2) is 12.2. The molecule has 0 saturated heterocycles. The first-order chi connectivity index (χ1) is 17.9. The van der Waals surface area contributed by atoms with Gasteiger partial charge in [-0.05, 0) is 76.1 Å². The van der Waals surface area contributed by atoms with E-state index in [1.807, 2.05) is 51.1 Å². The Balaban J connectivity index is 1.95. The highest BCUT2D eigenvalue weighted by atomic mass is 32.2. The zero-order valence-electron chi connectivity index (χ0n) is 22.1. The highest BCUT2D eigenvalue weighted by Gasteiger charge is 2.33. The lowest BCUT2D eigenvalue weighted by Gasteiger charge is -2.33. The van der Waals surface area contributed by atoms with Crippen molar-refractivity contribution >= 4 is 27.5 Å². The second-order valence-corrected chi connectivity index (χ2v) is 11.9. The molecular weight excluding hydrogens is 505 g/mol. The van der Waals surface area contributed by atoms with E-state index in [0.717, 1.165) is 34.1 Å². The number of nitrogens with one attached hydrogen (secondary N) is 1. The van der Waals surface area contributed by atoms with Gasteiger partial charge in [0, 0.05) is 12.1 Å². The normalized spacial score (nSPS) is 12.4. The van der Waals surface area contributed by atoms with E-state index in [0.29, 0.717) is 6.42 Å². The van der Waals surface area contributed by atoms with Crippen molar-refractivity contribution in [1.82, 2.24) is 10.2 Å². The van der Waals surface area contributed by atoms with E-state index in [9.17, 15) is 22.4 Å². The zero-order chi connectivity index (χ0) is 27.9. The molecule has 1 N–H and O–H groups in total. The molecule has 0 heterocycles. The fourth-order valence-electron chi connectivity index (χ4n) is 3.90. The molecule has 0 fully saturated rings. The first-order valence-electron chi connectivity index (χ1n) is 12.4. The molecule has 0 aliphatic rings. The summed E-state index contributed by atoms with van der Waals surface area (Å²) in [4.78, 5) is 28.1. The van der Waals surface area contributed by atoms with Crippen molar-refractivity contribution in [2.75, 3.05) is 17.4 Å². The molecule has 0 aliphatic carbocycles. The third kappa shape index (κ3) is 7.64. The second-order valence-electron chi connectivity index (χ2n) is 10.0. The third-order valence-corrected chi connectivity index (χ3v) is 7.66. The summed E-state index contributed by atoms with van der Waals surface area (Å²) < 4.78 is 41.8. The van der Waals surface area contributed by atoms with Crippen LogP contribution in [-0.2, 0) is 26.0 Å². The number of halogens is 1. The lowest BCUT2D eigenvalue weighted by atomic mass is 10.1. The van der Waals surface area contributed by atoms with Gasteiger partial charge in [0.25, 0.3) is 10.0 Å². The van der Waals surface area contributed by atoms with Crippen LogP contribution in [0.25, 0.3) is 0 Å². The molecule has 0 spiro atoms. The third-order valence-electron chi connectivity index (χ3n) is 5.87. The average Bonchev–Trinajstić information content (AvgIpc) is 2.87. The first-order valence-corrected chi connectivity index (χ1v) is 13.8. The summed E-state index contributed by atoms with van der Waals surface area (Å²) in [6.45, 7) is 6.85. The van der Waals surface area contributed by atoms with Gasteiger partial charge in [0.15, 0.2) is 0 Å². The van der Waals surface area contributed by atoms with E-state index in [1.54, 1.807) is 37.3 Å². The van der Waals surface area contributed by atoms with Crippen LogP contribution >= 0.6 is 0 Å².